The van der Waals surface area contributed by atoms with Crippen molar-refractivity contribution in [3.63, 3.8) is 0 Å². The molecule has 1 amide bonds. The summed E-state index contributed by atoms with van der Waals surface area (Å²) in [5.41, 5.74) is 1.10. The van der Waals surface area contributed by atoms with Crippen molar-refractivity contribution in [2.75, 3.05) is 13.2 Å². The van der Waals surface area contributed by atoms with E-state index in [1.165, 1.54) is 4.90 Å². The number of amides is 1. The molecule has 0 spiro atoms. The number of ether oxygens (including phenoxy) is 1. The van der Waals surface area contributed by atoms with Crippen LogP contribution in [0.2, 0.25) is 0 Å². The number of rotatable bonds is 14. The number of carboxylic acid groups (broad SMARTS) is 5. The Hall–Kier alpha value is -4.79. The molecule has 1 fully saturated rings. The second-order valence-corrected chi connectivity index (χ2v) is 9.04. The molecule has 238 valence electrons. The summed E-state index contributed by atoms with van der Waals surface area (Å²) in [6.07, 6.45) is 2.81. The molecule has 1 saturated heterocycles. The zero-order valence-corrected chi connectivity index (χ0v) is 23.9. The Balaban J connectivity index is 0.000000903. The van der Waals surface area contributed by atoms with E-state index >= 15 is 0 Å². The van der Waals surface area contributed by atoms with Crippen LogP contribution in [0.3, 0.4) is 0 Å². The van der Waals surface area contributed by atoms with E-state index in [-0.39, 0.29) is 25.4 Å². The summed E-state index contributed by atoms with van der Waals surface area (Å²) in [6, 6.07) is 7.69. The molecular formula is C28H38N2O13. The van der Waals surface area contributed by atoms with Crippen molar-refractivity contribution in [1.29, 1.82) is 0 Å². The normalized spacial score (nSPS) is 15.1. The van der Waals surface area contributed by atoms with Gasteiger partial charge >= 0.3 is 35.8 Å². The highest BCUT2D eigenvalue weighted by Gasteiger charge is 2.37. The average molecular weight is 611 g/mol. The van der Waals surface area contributed by atoms with Crippen LogP contribution in [0.1, 0.15) is 51.5 Å². The summed E-state index contributed by atoms with van der Waals surface area (Å²) >= 11 is 0. The van der Waals surface area contributed by atoms with Gasteiger partial charge in [-0.25, -0.2) is 14.4 Å². The van der Waals surface area contributed by atoms with Gasteiger partial charge in [-0.2, -0.15) is 0 Å². The summed E-state index contributed by atoms with van der Waals surface area (Å²) in [6.45, 7) is 4.09. The number of aryl methyl sites for hydroxylation is 1. The number of nitrogens with one attached hydrogen (secondary N) is 1. The van der Waals surface area contributed by atoms with Crippen molar-refractivity contribution in [2.45, 2.75) is 70.5 Å². The Kier molecular flexibility index (Phi) is 18.7. The van der Waals surface area contributed by atoms with Crippen LogP contribution >= 0.6 is 0 Å². The molecule has 0 unspecified atom stereocenters. The predicted octanol–water partition coefficient (Wildman–Crippen LogP) is 1.25. The number of hydrogen-bond donors (Lipinski definition) is 6. The van der Waals surface area contributed by atoms with E-state index in [1.807, 2.05) is 30.3 Å². The van der Waals surface area contributed by atoms with Gasteiger partial charge in [-0.3, -0.25) is 24.5 Å². The first kappa shape index (κ1) is 38.2. The minimum absolute atomic E-state index is 0.262. The van der Waals surface area contributed by atoms with E-state index in [9.17, 15) is 38.7 Å². The molecule has 0 saturated carbocycles. The molecule has 0 radical (unpaired) electrons. The van der Waals surface area contributed by atoms with Gasteiger partial charge in [-0.15, -0.1) is 0 Å². The number of carboxylic acids is 5. The van der Waals surface area contributed by atoms with Gasteiger partial charge < -0.3 is 35.2 Å². The molecule has 15 nitrogen and oxygen atoms in total. The molecular weight excluding hydrogens is 572 g/mol. The van der Waals surface area contributed by atoms with E-state index < -0.39 is 53.9 Å². The molecule has 1 aliphatic heterocycles. The number of nitrogens with zero attached hydrogens (tertiary/aromatic N) is 1. The first-order chi connectivity index (χ1) is 20.2. The maximum atomic E-state index is 12.7. The molecule has 3 atom stereocenters. The van der Waals surface area contributed by atoms with Crippen molar-refractivity contribution in [2.24, 2.45) is 0 Å². The molecule has 15 heteroatoms. The molecule has 2 rings (SSSR count). The molecule has 1 aliphatic rings. The van der Waals surface area contributed by atoms with Crippen LogP contribution < -0.4 is 5.32 Å². The molecule has 43 heavy (non-hydrogen) atoms. The van der Waals surface area contributed by atoms with Crippen LogP contribution in [0.5, 0.6) is 0 Å². The van der Waals surface area contributed by atoms with E-state index in [2.05, 4.69) is 5.32 Å². The minimum atomic E-state index is -1.26. The molecule has 0 aliphatic carbocycles. The Morgan fingerprint density at radius 3 is 1.91 bits per heavy atom. The second-order valence-electron chi connectivity index (χ2n) is 9.04. The number of carbonyl (C=O) groups is 7. The average Bonchev–Trinajstić information content (AvgIpc) is 3.44. The first-order valence-corrected chi connectivity index (χ1v) is 13.3. The lowest BCUT2D eigenvalue weighted by atomic mass is 10.0. The van der Waals surface area contributed by atoms with Crippen molar-refractivity contribution in [3.8, 4) is 0 Å². The van der Waals surface area contributed by atoms with Crippen LogP contribution in [0, 0.1) is 0 Å². The number of hydrogen-bond acceptors (Lipinski definition) is 9. The summed E-state index contributed by atoms with van der Waals surface area (Å²) in [7, 11) is 0. The van der Waals surface area contributed by atoms with Crippen LogP contribution in [-0.4, -0.2) is 103 Å². The fraction of sp³-hybridized carbons (Fsp3) is 0.464. The number of benzene rings is 1. The zero-order chi connectivity index (χ0) is 32.9. The maximum Gasteiger partial charge on any atom is 0.328 e. The fourth-order valence-corrected chi connectivity index (χ4v) is 3.73. The summed E-state index contributed by atoms with van der Waals surface area (Å²) in [5, 5.41) is 43.7. The number of esters is 1. The number of aliphatic carboxylic acids is 5. The third-order valence-corrected chi connectivity index (χ3v) is 5.70. The zero-order valence-electron chi connectivity index (χ0n) is 23.9. The van der Waals surface area contributed by atoms with Crippen molar-refractivity contribution >= 4 is 41.7 Å². The summed E-state index contributed by atoms with van der Waals surface area (Å²) in [4.78, 5) is 76.1. The minimum Gasteiger partial charge on any atom is -0.481 e. The topological polar surface area (TPSA) is 245 Å². The third kappa shape index (κ3) is 17.6. The Labute approximate surface area is 247 Å². The Morgan fingerprint density at radius 1 is 0.930 bits per heavy atom. The summed E-state index contributed by atoms with van der Waals surface area (Å²) in [5.74, 6) is -6.35. The van der Waals surface area contributed by atoms with E-state index in [1.54, 1.807) is 13.8 Å². The SMILES string of the molecule is CCOC(=O)[C@H](CCc1ccccc1)N[C@@H](C)C(=O)N1CCC[C@H]1C(=O)O.O=C(O)/C=C\C(=O)O.O=C(O)CCC(=O)O. The largest absolute Gasteiger partial charge is 0.481 e. The van der Waals surface area contributed by atoms with Gasteiger partial charge in [0.1, 0.15) is 12.1 Å². The lowest BCUT2D eigenvalue weighted by Gasteiger charge is -2.27. The van der Waals surface area contributed by atoms with E-state index in [0.29, 0.717) is 44.4 Å². The quantitative estimate of drug-likeness (QED) is 0.128. The molecule has 6 N–H and O–H groups in total. The predicted molar refractivity (Wildman–Crippen MR) is 149 cm³/mol. The van der Waals surface area contributed by atoms with Gasteiger partial charge in [0.15, 0.2) is 0 Å². The summed E-state index contributed by atoms with van der Waals surface area (Å²) < 4.78 is 5.14. The van der Waals surface area contributed by atoms with Crippen molar-refractivity contribution in [3.05, 3.63) is 48.0 Å². The molecule has 1 aromatic carbocycles. The number of carbonyl (C=O) groups excluding carboxylic acids is 2. The first-order valence-electron chi connectivity index (χ1n) is 13.3. The standard InChI is InChI=1S/C20H28N2O5.C4H6O4.C4H4O4/c1-3-27-20(26)16(12-11-15-8-5-4-6-9-15)21-14(2)18(23)22-13-7-10-17(22)19(24)25;2*5-3(6)1-2-4(7)8/h4-6,8-9,14,16-17,21H,3,7,10-13H2,1-2H3,(H,24,25);1-2H2,(H,5,6)(H,7,8);1-2H,(H,5,6)(H,7,8)/b;;2-1-/t14-,16-,17-;;/m0../s1. The lowest BCUT2D eigenvalue weighted by Crippen LogP contribution is -2.53. The Bertz CT molecular complexity index is 1090. The van der Waals surface area contributed by atoms with Gasteiger partial charge in [-0.1, -0.05) is 30.3 Å². The van der Waals surface area contributed by atoms with E-state index in [0.717, 1.165) is 5.56 Å². The number of likely N-dealkylation sites (tertiary alicyclic amines) is 1. The maximum absolute atomic E-state index is 12.7. The van der Waals surface area contributed by atoms with Gasteiger partial charge in [0.2, 0.25) is 5.91 Å². The van der Waals surface area contributed by atoms with E-state index in [4.69, 9.17) is 25.2 Å². The highest BCUT2D eigenvalue weighted by Crippen LogP contribution is 2.19. The van der Waals surface area contributed by atoms with Gasteiger partial charge in [0.05, 0.1) is 25.5 Å². The smallest absolute Gasteiger partial charge is 0.328 e. The molecule has 0 aromatic heterocycles. The lowest BCUT2D eigenvalue weighted by molar-refractivity contribution is -0.150. The molecule has 1 aromatic rings. The van der Waals surface area contributed by atoms with Crippen molar-refractivity contribution < 1.29 is 63.8 Å². The highest BCUT2D eigenvalue weighted by atomic mass is 16.5. The van der Waals surface area contributed by atoms with Crippen molar-refractivity contribution in [1.82, 2.24) is 10.2 Å². The van der Waals surface area contributed by atoms with Gasteiger partial charge in [0.25, 0.3) is 0 Å². The van der Waals surface area contributed by atoms with Gasteiger partial charge in [-0.05, 0) is 45.1 Å². The van der Waals surface area contributed by atoms with Crippen LogP contribution in [0.15, 0.2) is 42.5 Å². The van der Waals surface area contributed by atoms with Crippen LogP contribution in [-0.2, 0) is 44.7 Å². The van der Waals surface area contributed by atoms with Crippen LogP contribution in [0.25, 0.3) is 0 Å². The third-order valence-electron chi connectivity index (χ3n) is 5.70. The Morgan fingerprint density at radius 2 is 1.47 bits per heavy atom. The van der Waals surface area contributed by atoms with Gasteiger partial charge in [0, 0.05) is 18.7 Å². The fourth-order valence-electron chi connectivity index (χ4n) is 3.73. The molecule has 0 bridgehead atoms. The van der Waals surface area contributed by atoms with Crippen LogP contribution in [0.4, 0.5) is 0 Å². The molecule has 1 heterocycles. The highest BCUT2D eigenvalue weighted by molar-refractivity contribution is 5.89. The second kappa shape index (κ2) is 21.0. The monoisotopic (exact) mass is 610 g/mol.